The van der Waals surface area contributed by atoms with Crippen LogP contribution in [0.4, 0.5) is 4.79 Å². The molecule has 0 unspecified atom stereocenters. The summed E-state index contributed by atoms with van der Waals surface area (Å²) in [5.41, 5.74) is 9.15. The molecule has 0 aliphatic rings. The van der Waals surface area contributed by atoms with Crippen LogP contribution in [-0.4, -0.2) is 62.7 Å². The largest absolute Gasteiger partial charge is 0.480 e. The first kappa shape index (κ1) is 40.1. The van der Waals surface area contributed by atoms with Crippen molar-refractivity contribution in [2.24, 2.45) is 5.73 Å². The van der Waals surface area contributed by atoms with Crippen molar-refractivity contribution in [3.8, 4) is 0 Å². The number of benzene rings is 3. The van der Waals surface area contributed by atoms with E-state index in [1.54, 1.807) is 41.6 Å². The second kappa shape index (κ2) is 20.4. The van der Waals surface area contributed by atoms with Crippen LogP contribution in [0.5, 0.6) is 0 Å². The fourth-order valence-corrected chi connectivity index (χ4v) is 5.46. The number of ether oxygens (including phenoxy) is 1. The molecule has 2 aromatic heterocycles. The molecule has 0 aliphatic heterocycles. The van der Waals surface area contributed by atoms with Crippen molar-refractivity contribution in [2.75, 3.05) is 13.1 Å². The van der Waals surface area contributed by atoms with Gasteiger partial charge in [0, 0.05) is 37.6 Å². The van der Waals surface area contributed by atoms with E-state index in [2.05, 4.69) is 44.9 Å². The summed E-state index contributed by atoms with van der Waals surface area (Å²) in [5, 5.41) is 18.0. The van der Waals surface area contributed by atoms with Crippen molar-refractivity contribution < 1.29 is 24.2 Å². The number of aliphatic carboxylic acids is 1. The Hall–Kier alpha value is -5.65. The molecule has 1 atom stereocenters. The van der Waals surface area contributed by atoms with Crippen molar-refractivity contribution in [1.29, 1.82) is 0 Å². The third-order valence-corrected chi connectivity index (χ3v) is 8.20. The van der Waals surface area contributed by atoms with Crippen LogP contribution in [0, 0.1) is 0 Å². The lowest BCUT2D eigenvalue weighted by molar-refractivity contribution is -0.139. The van der Waals surface area contributed by atoms with Crippen LogP contribution in [0.25, 0.3) is 10.8 Å². The van der Waals surface area contributed by atoms with Gasteiger partial charge >= 0.3 is 12.1 Å². The maximum absolute atomic E-state index is 12.8. The van der Waals surface area contributed by atoms with Gasteiger partial charge in [0.25, 0.3) is 5.91 Å². The van der Waals surface area contributed by atoms with Crippen LogP contribution in [0.15, 0.2) is 116 Å². The van der Waals surface area contributed by atoms with E-state index in [0.717, 1.165) is 17.0 Å². The Morgan fingerprint density at radius 3 is 2.15 bits per heavy atom. The molecule has 53 heavy (non-hydrogen) atoms. The molecule has 5 aromatic rings. The third-order valence-electron chi connectivity index (χ3n) is 8.20. The molecular weight excluding hydrogens is 668 g/mol. The summed E-state index contributed by atoms with van der Waals surface area (Å²) >= 11 is 0. The van der Waals surface area contributed by atoms with Gasteiger partial charge in [0.2, 0.25) is 0 Å². The average Bonchev–Trinajstić information content (AvgIpc) is 3.16. The monoisotopic (exact) mass is 718 g/mol. The standard InChI is InChI=1S/C31H39N5O5.C11H11N/c1-31(2,3)41-30(40)36(22-26-10-5-7-19-34-26)20-16-23-12-14-24(15-13-23)28(37)35-27(29(38)39)11-8-17-32-21-25-9-4-6-18-33-25;12-8-10-6-3-5-9-4-1-2-7-11(9)10/h4-7,9-10,12-15,18-19,27,32H,8,11,16-17,20-22H2,1-3H3,(H,35,37)(H,38,39);1-7H,8,12H2/t27-;/m0./s1. The predicted octanol–water partition coefficient (Wildman–Crippen LogP) is 6.51. The Kier molecular flexibility index (Phi) is 15.4. The molecule has 0 saturated heterocycles. The molecule has 5 N–H and O–H groups in total. The lowest BCUT2D eigenvalue weighted by atomic mass is 10.1. The van der Waals surface area contributed by atoms with Gasteiger partial charge in [-0.15, -0.1) is 0 Å². The summed E-state index contributed by atoms with van der Waals surface area (Å²) in [6.45, 7) is 7.98. The van der Waals surface area contributed by atoms with Crippen LogP contribution in [0.2, 0.25) is 0 Å². The Labute approximate surface area is 311 Å². The van der Waals surface area contributed by atoms with Crippen LogP contribution in [0.1, 0.15) is 66.5 Å². The van der Waals surface area contributed by atoms with Crippen LogP contribution in [-0.2, 0) is 35.6 Å². The number of hydrogen-bond donors (Lipinski definition) is 4. The van der Waals surface area contributed by atoms with Gasteiger partial charge in [-0.1, -0.05) is 66.7 Å². The first-order valence-electron chi connectivity index (χ1n) is 17.8. The molecule has 3 aromatic carbocycles. The molecule has 11 nitrogen and oxygen atoms in total. The molecule has 5 rings (SSSR count). The van der Waals surface area contributed by atoms with Crippen molar-refractivity contribution in [3.63, 3.8) is 0 Å². The molecule has 0 bridgehead atoms. The first-order chi connectivity index (χ1) is 25.5. The number of nitrogens with one attached hydrogen (secondary N) is 2. The maximum Gasteiger partial charge on any atom is 0.410 e. The van der Waals surface area contributed by atoms with Crippen molar-refractivity contribution in [2.45, 2.75) is 71.3 Å². The highest BCUT2D eigenvalue weighted by Crippen LogP contribution is 2.18. The number of pyridine rings is 2. The smallest absolute Gasteiger partial charge is 0.410 e. The second-order valence-electron chi connectivity index (χ2n) is 13.5. The van der Waals surface area contributed by atoms with E-state index in [9.17, 15) is 19.5 Å². The molecular formula is C42H50N6O5. The topological polar surface area (TPSA) is 160 Å². The minimum Gasteiger partial charge on any atom is -0.480 e. The number of nitrogens with zero attached hydrogens (tertiary/aromatic N) is 3. The Balaban J connectivity index is 0.000000437. The quantitative estimate of drug-likeness (QED) is 0.0886. The fourth-order valence-electron chi connectivity index (χ4n) is 5.46. The number of carbonyl (C=O) groups excluding carboxylic acids is 2. The number of carboxylic acid groups (broad SMARTS) is 1. The molecule has 278 valence electrons. The molecule has 0 spiro atoms. The number of rotatable bonds is 15. The van der Waals surface area contributed by atoms with E-state index >= 15 is 0 Å². The van der Waals surface area contributed by atoms with E-state index in [0.29, 0.717) is 57.5 Å². The van der Waals surface area contributed by atoms with Gasteiger partial charge in [-0.25, -0.2) is 9.59 Å². The number of carbonyl (C=O) groups is 3. The van der Waals surface area contributed by atoms with Gasteiger partial charge in [0.05, 0.1) is 17.9 Å². The number of fused-ring (bicyclic) bond motifs is 1. The molecule has 11 heteroatoms. The average molecular weight is 719 g/mol. The lowest BCUT2D eigenvalue weighted by Crippen LogP contribution is -2.41. The maximum atomic E-state index is 12.8. The van der Waals surface area contributed by atoms with Gasteiger partial charge < -0.3 is 31.1 Å². The van der Waals surface area contributed by atoms with Crippen molar-refractivity contribution in [1.82, 2.24) is 25.5 Å². The number of carboxylic acids is 1. The van der Waals surface area contributed by atoms with Crippen molar-refractivity contribution in [3.05, 3.63) is 144 Å². The summed E-state index contributed by atoms with van der Waals surface area (Å²) in [7, 11) is 0. The summed E-state index contributed by atoms with van der Waals surface area (Å²) < 4.78 is 5.58. The minimum absolute atomic E-state index is 0.297. The zero-order valence-corrected chi connectivity index (χ0v) is 30.7. The summed E-state index contributed by atoms with van der Waals surface area (Å²) in [5.74, 6) is -1.52. The SMILES string of the molecule is CC(C)(C)OC(=O)N(CCc1ccc(C(=O)N[C@@H](CCCNCc2ccccn2)C(=O)O)cc1)Cc1ccccn1.NCc1cccc2ccccc12. The van der Waals surface area contributed by atoms with E-state index in [4.69, 9.17) is 10.5 Å². The summed E-state index contributed by atoms with van der Waals surface area (Å²) in [4.78, 5) is 47.5. The molecule has 0 fully saturated rings. The fraction of sp³-hybridized carbons (Fsp3) is 0.310. The Bertz CT molecular complexity index is 1880. The summed E-state index contributed by atoms with van der Waals surface area (Å²) in [6.07, 6.45) is 4.40. The predicted molar refractivity (Wildman–Crippen MR) is 207 cm³/mol. The minimum atomic E-state index is -1.07. The number of amides is 2. The Morgan fingerprint density at radius 1 is 0.849 bits per heavy atom. The van der Waals surface area contributed by atoms with Gasteiger partial charge in [0.1, 0.15) is 11.6 Å². The number of aromatic nitrogens is 2. The lowest BCUT2D eigenvalue weighted by Gasteiger charge is -2.27. The first-order valence-corrected chi connectivity index (χ1v) is 17.8. The van der Waals surface area contributed by atoms with E-state index < -0.39 is 29.6 Å². The highest BCUT2D eigenvalue weighted by Gasteiger charge is 2.23. The normalized spacial score (nSPS) is 11.5. The van der Waals surface area contributed by atoms with Gasteiger partial charge in [-0.3, -0.25) is 14.8 Å². The molecule has 2 amide bonds. The zero-order chi connectivity index (χ0) is 38.1. The number of nitrogens with two attached hydrogens (primary N) is 1. The van der Waals surface area contributed by atoms with Crippen LogP contribution < -0.4 is 16.4 Å². The highest BCUT2D eigenvalue weighted by atomic mass is 16.6. The number of hydrogen-bond acceptors (Lipinski definition) is 8. The van der Waals surface area contributed by atoms with Crippen LogP contribution >= 0.6 is 0 Å². The molecule has 2 heterocycles. The second-order valence-corrected chi connectivity index (χ2v) is 13.5. The van der Waals surface area contributed by atoms with E-state index in [1.165, 1.54) is 16.3 Å². The summed E-state index contributed by atoms with van der Waals surface area (Å²) in [6, 6.07) is 31.7. The molecule has 0 radical (unpaired) electrons. The van der Waals surface area contributed by atoms with Crippen molar-refractivity contribution >= 4 is 28.7 Å². The van der Waals surface area contributed by atoms with Gasteiger partial charge in [-0.05, 0) is 105 Å². The van der Waals surface area contributed by atoms with E-state index in [1.807, 2.05) is 75.4 Å². The Morgan fingerprint density at radius 2 is 1.51 bits per heavy atom. The van der Waals surface area contributed by atoms with Gasteiger partial charge in [0.15, 0.2) is 0 Å². The molecule has 0 saturated carbocycles. The van der Waals surface area contributed by atoms with Gasteiger partial charge in [-0.2, -0.15) is 0 Å². The van der Waals surface area contributed by atoms with Crippen LogP contribution in [0.3, 0.4) is 0 Å². The van der Waals surface area contributed by atoms with E-state index in [-0.39, 0.29) is 0 Å². The zero-order valence-electron chi connectivity index (χ0n) is 30.7. The third kappa shape index (κ3) is 13.8. The molecule has 0 aliphatic carbocycles. The highest BCUT2D eigenvalue weighted by molar-refractivity contribution is 5.96.